The lowest BCUT2D eigenvalue weighted by Crippen LogP contribution is -2.48. The van der Waals surface area contributed by atoms with E-state index in [0.717, 1.165) is 23.3 Å². The number of halogens is 1. The second kappa shape index (κ2) is 3.33. The first-order valence-corrected chi connectivity index (χ1v) is 9.17. The van der Waals surface area contributed by atoms with Crippen molar-refractivity contribution in [3.8, 4) is 0 Å². The smallest absolute Gasteiger partial charge is 0.348 e. The molecule has 4 nitrogen and oxygen atoms in total. The summed E-state index contributed by atoms with van der Waals surface area (Å²) in [4.78, 5) is 25.6. The SMILES string of the molecule is CC1(C)OC(=O)C(=C2[C@@H]3[C@H]4C[C@@H]5[C@@H]6[C@H]([C@@H](Br)[C@@H]53)[C@@H]2[C@H]46)C(=O)O1. The van der Waals surface area contributed by atoms with E-state index in [4.69, 9.17) is 9.47 Å². The topological polar surface area (TPSA) is 52.6 Å². The Balaban J connectivity index is 1.53. The fourth-order valence-electron chi connectivity index (χ4n) is 7.35. The molecule has 6 aliphatic rings. The zero-order chi connectivity index (χ0) is 15.1. The molecule has 116 valence electrons. The Kier molecular flexibility index (Phi) is 1.90. The summed E-state index contributed by atoms with van der Waals surface area (Å²) in [6, 6.07) is 0. The van der Waals surface area contributed by atoms with Gasteiger partial charge < -0.3 is 9.47 Å². The Morgan fingerprint density at radius 3 is 2.32 bits per heavy atom. The van der Waals surface area contributed by atoms with Gasteiger partial charge in [0, 0.05) is 18.7 Å². The van der Waals surface area contributed by atoms with Gasteiger partial charge in [-0.15, -0.1) is 0 Å². The Hall–Kier alpha value is -0.840. The van der Waals surface area contributed by atoms with Crippen molar-refractivity contribution in [3.63, 3.8) is 0 Å². The molecule has 5 saturated carbocycles. The van der Waals surface area contributed by atoms with Gasteiger partial charge in [0.2, 0.25) is 0 Å². The van der Waals surface area contributed by atoms with Crippen LogP contribution in [-0.4, -0.2) is 22.6 Å². The maximum Gasteiger partial charge on any atom is 0.348 e. The van der Waals surface area contributed by atoms with Crippen LogP contribution in [0.4, 0.5) is 0 Å². The Morgan fingerprint density at radius 1 is 0.955 bits per heavy atom. The molecular formula is C17H17BrO4. The number of fused-ring (bicyclic) bond motifs is 2. The van der Waals surface area contributed by atoms with Crippen LogP contribution < -0.4 is 0 Å². The lowest BCUT2D eigenvalue weighted by Gasteiger charge is -2.48. The Labute approximate surface area is 136 Å². The monoisotopic (exact) mass is 364 g/mol. The van der Waals surface area contributed by atoms with Crippen molar-refractivity contribution in [2.75, 3.05) is 0 Å². The van der Waals surface area contributed by atoms with E-state index >= 15 is 0 Å². The molecule has 9 atom stereocenters. The van der Waals surface area contributed by atoms with Crippen LogP contribution in [0.15, 0.2) is 11.1 Å². The maximum atomic E-state index is 12.5. The van der Waals surface area contributed by atoms with Gasteiger partial charge in [0.1, 0.15) is 5.57 Å². The molecule has 2 bridgehead atoms. The Bertz CT molecular complexity index is 673. The first-order valence-electron chi connectivity index (χ1n) is 8.25. The highest BCUT2D eigenvalue weighted by Crippen LogP contribution is 2.85. The van der Waals surface area contributed by atoms with Gasteiger partial charge in [-0.1, -0.05) is 15.9 Å². The molecule has 22 heavy (non-hydrogen) atoms. The number of carbonyl (C=O) groups excluding carboxylic acids is 2. The van der Waals surface area contributed by atoms with Crippen LogP contribution in [0, 0.1) is 47.3 Å². The highest BCUT2D eigenvalue weighted by atomic mass is 79.9. The van der Waals surface area contributed by atoms with Gasteiger partial charge >= 0.3 is 11.9 Å². The lowest BCUT2D eigenvalue weighted by molar-refractivity contribution is -0.222. The normalized spacial score (nSPS) is 58.2. The summed E-state index contributed by atoms with van der Waals surface area (Å²) in [5, 5.41) is 0. The molecular weight excluding hydrogens is 348 g/mol. The third-order valence-electron chi connectivity index (χ3n) is 7.45. The van der Waals surface area contributed by atoms with Gasteiger partial charge in [-0.2, -0.15) is 0 Å². The van der Waals surface area contributed by atoms with Crippen LogP contribution in [0.1, 0.15) is 20.3 Å². The molecule has 0 amide bonds. The summed E-state index contributed by atoms with van der Waals surface area (Å²) in [6.07, 6.45) is 1.30. The Morgan fingerprint density at radius 2 is 1.64 bits per heavy atom. The van der Waals surface area contributed by atoms with Crippen LogP contribution in [-0.2, 0) is 19.1 Å². The molecule has 0 N–H and O–H groups in total. The molecule has 0 aromatic carbocycles. The number of alkyl halides is 1. The minimum absolute atomic E-state index is 0.247. The third-order valence-corrected chi connectivity index (χ3v) is 8.67. The summed E-state index contributed by atoms with van der Waals surface area (Å²) in [5.74, 6) is 3.08. The molecule has 0 aromatic heterocycles. The second-order valence-corrected chi connectivity index (χ2v) is 9.44. The summed E-state index contributed by atoms with van der Waals surface area (Å²) in [6.45, 7) is 3.22. The van der Waals surface area contributed by atoms with Gasteiger partial charge in [0.05, 0.1) is 0 Å². The standard InChI is InChI=1S/C17H17BrO4/c1-17(2)21-15(19)13(16(20)22-17)11-8-4-3-5-7-6(4)10(11)12(7)14(18)9(5)8/h4-10,12,14H,3H2,1-2H3/t4-,5+,6+,7-,8+,9-,10+,12-,14-/m0/s1. The number of hydrogen-bond donors (Lipinski definition) is 0. The second-order valence-electron chi connectivity index (χ2n) is 8.38. The van der Waals surface area contributed by atoms with Crippen molar-refractivity contribution >= 4 is 27.9 Å². The fraction of sp³-hybridized carbons (Fsp3) is 0.765. The largest absolute Gasteiger partial charge is 0.419 e. The molecule has 5 heteroatoms. The minimum atomic E-state index is -1.14. The van der Waals surface area contributed by atoms with E-state index in [1.165, 1.54) is 6.42 Å². The van der Waals surface area contributed by atoms with Crippen LogP contribution in [0.3, 0.4) is 0 Å². The average molecular weight is 365 g/mol. The first-order chi connectivity index (χ1) is 10.4. The van der Waals surface area contributed by atoms with Gasteiger partial charge in [0.25, 0.3) is 5.79 Å². The number of ether oxygens (including phenoxy) is 2. The predicted octanol–water partition coefficient (Wildman–Crippen LogP) is 2.27. The van der Waals surface area contributed by atoms with Crippen molar-refractivity contribution in [1.29, 1.82) is 0 Å². The van der Waals surface area contributed by atoms with E-state index in [2.05, 4.69) is 15.9 Å². The molecule has 5 aliphatic carbocycles. The fourth-order valence-corrected chi connectivity index (χ4v) is 8.75. The number of carbonyl (C=O) groups is 2. The maximum absolute atomic E-state index is 12.5. The minimum Gasteiger partial charge on any atom is -0.419 e. The molecule has 0 aromatic rings. The number of rotatable bonds is 0. The molecule has 6 fully saturated rings. The summed E-state index contributed by atoms with van der Waals surface area (Å²) < 4.78 is 10.7. The van der Waals surface area contributed by atoms with Crippen molar-refractivity contribution in [2.45, 2.75) is 30.9 Å². The highest BCUT2D eigenvalue weighted by Gasteiger charge is 2.82. The van der Waals surface area contributed by atoms with Gasteiger partial charge in [-0.3, -0.25) is 0 Å². The lowest BCUT2D eigenvalue weighted by atomic mass is 9.58. The van der Waals surface area contributed by atoms with Gasteiger partial charge in [-0.05, 0) is 59.3 Å². The zero-order valence-corrected chi connectivity index (χ0v) is 14.0. The number of allylic oxidation sites excluding steroid dienone is 1. The van der Waals surface area contributed by atoms with Crippen LogP contribution >= 0.6 is 15.9 Å². The van der Waals surface area contributed by atoms with Crippen molar-refractivity contribution in [2.24, 2.45) is 47.3 Å². The first kappa shape index (κ1) is 12.6. The van der Waals surface area contributed by atoms with Crippen LogP contribution in [0.5, 0.6) is 0 Å². The van der Waals surface area contributed by atoms with Crippen molar-refractivity contribution in [3.05, 3.63) is 11.1 Å². The van der Waals surface area contributed by atoms with Crippen molar-refractivity contribution < 1.29 is 19.1 Å². The van der Waals surface area contributed by atoms with Crippen LogP contribution in [0.25, 0.3) is 0 Å². The van der Waals surface area contributed by atoms with Crippen LogP contribution in [0.2, 0.25) is 0 Å². The molecule has 1 aliphatic heterocycles. The van der Waals surface area contributed by atoms with E-state index in [0.29, 0.717) is 34.4 Å². The number of esters is 2. The third kappa shape index (κ3) is 1.06. The molecule has 1 heterocycles. The number of cyclic esters (lactones) is 2. The zero-order valence-electron chi connectivity index (χ0n) is 12.4. The van der Waals surface area contributed by atoms with E-state index in [9.17, 15) is 9.59 Å². The summed E-state index contributed by atoms with van der Waals surface area (Å²) in [7, 11) is 0. The van der Waals surface area contributed by atoms with E-state index in [1.807, 2.05) is 0 Å². The van der Waals surface area contributed by atoms with E-state index < -0.39 is 17.7 Å². The highest BCUT2D eigenvalue weighted by molar-refractivity contribution is 9.09. The van der Waals surface area contributed by atoms with Gasteiger partial charge in [0.15, 0.2) is 0 Å². The summed E-state index contributed by atoms with van der Waals surface area (Å²) in [5.41, 5.74) is 1.36. The summed E-state index contributed by atoms with van der Waals surface area (Å²) >= 11 is 3.93. The quantitative estimate of drug-likeness (QED) is 0.286. The van der Waals surface area contributed by atoms with Crippen molar-refractivity contribution in [1.82, 2.24) is 0 Å². The molecule has 0 spiro atoms. The van der Waals surface area contributed by atoms with Gasteiger partial charge in [-0.25, -0.2) is 9.59 Å². The van der Waals surface area contributed by atoms with E-state index in [1.54, 1.807) is 13.8 Å². The van der Waals surface area contributed by atoms with E-state index in [-0.39, 0.29) is 5.57 Å². The number of hydrogen-bond acceptors (Lipinski definition) is 4. The molecule has 0 unspecified atom stereocenters. The molecule has 6 rings (SSSR count). The molecule has 0 radical (unpaired) electrons. The molecule has 1 saturated heterocycles. The average Bonchev–Trinajstić information content (AvgIpc) is 2.87. The predicted molar refractivity (Wildman–Crippen MR) is 78.5 cm³/mol.